The molecular weight excluding hydrogens is 192 g/mol. The smallest absolute Gasteiger partial charge is 0.123 e. The molecule has 1 aliphatic heterocycles. The molecule has 15 heavy (non-hydrogen) atoms. The van der Waals surface area contributed by atoms with E-state index in [1.54, 1.807) is 6.20 Å². The van der Waals surface area contributed by atoms with E-state index in [0.717, 1.165) is 5.56 Å². The van der Waals surface area contributed by atoms with Crippen LogP contribution in [0.15, 0.2) is 18.3 Å². The molecule has 0 amide bonds. The topological polar surface area (TPSA) is 68.4 Å². The lowest BCUT2D eigenvalue weighted by Crippen LogP contribution is -2.38. The van der Waals surface area contributed by atoms with E-state index in [-0.39, 0.29) is 0 Å². The highest BCUT2D eigenvalue weighted by molar-refractivity contribution is 5.32. The summed E-state index contributed by atoms with van der Waals surface area (Å²) in [5, 5.41) is 10.3. The molecule has 1 fully saturated rings. The lowest BCUT2D eigenvalue weighted by molar-refractivity contribution is -0.0625. The molecule has 82 valence electrons. The number of aliphatic hydroxyl groups is 1. The Morgan fingerprint density at radius 2 is 2.20 bits per heavy atom. The minimum Gasteiger partial charge on any atom is -0.389 e. The van der Waals surface area contributed by atoms with Gasteiger partial charge in [-0.3, -0.25) is 0 Å². The summed E-state index contributed by atoms with van der Waals surface area (Å²) in [6.07, 6.45) is 3.68. The van der Waals surface area contributed by atoms with Gasteiger partial charge in [0.05, 0.1) is 5.60 Å². The predicted octanol–water partition coefficient (Wildman–Crippen LogP) is 0.748. The van der Waals surface area contributed by atoms with Gasteiger partial charge in [0, 0.05) is 25.8 Å². The molecule has 4 nitrogen and oxygen atoms in total. The van der Waals surface area contributed by atoms with Crippen LogP contribution in [0.1, 0.15) is 18.4 Å². The van der Waals surface area contributed by atoms with Crippen LogP contribution >= 0.6 is 0 Å². The van der Waals surface area contributed by atoms with Crippen molar-refractivity contribution in [2.24, 2.45) is 0 Å². The summed E-state index contributed by atoms with van der Waals surface area (Å²) in [6, 6.07) is 3.71. The largest absolute Gasteiger partial charge is 0.389 e. The van der Waals surface area contributed by atoms with Gasteiger partial charge in [-0.1, -0.05) is 0 Å². The molecule has 0 radical (unpaired) electrons. The average molecular weight is 208 g/mol. The highest BCUT2D eigenvalue weighted by Crippen LogP contribution is 2.25. The van der Waals surface area contributed by atoms with Gasteiger partial charge in [0.1, 0.15) is 5.82 Å². The summed E-state index contributed by atoms with van der Waals surface area (Å²) in [5.41, 5.74) is 5.99. The van der Waals surface area contributed by atoms with Crippen LogP contribution in [0.25, 0.3) is 0 Å². The Kier molecular flexibility index (Phi) is 2.88. The van der Waals surface area contributed by atoms with Gasteiger partial charge in [-0.2, -0.15) is 0 Å². The molecule has 0 atom stereocenters. The van der Waals surface area contributed by atoms with E-state index in [0.29, 0.717) is 38.3 Å². The van der Waals surface area contributed by atoms with Crippen molar-refractivity contribution in [2.45, 2.75) is 24.9 Å². The van der Waals surface area contributed by atoms with Gasteiger partial charge in [0.25, 0.3) is 0 Å². The highest BCUT2D eigenvalue weighted by atomic mass is 16.5. The number of aromatic nitrogens is 1. The molecule has 1 aromatic rings. The zero-order valence-electron chi connectivity index (χ0n) is 8.65. The molecule has 1 aromatic heterocycles. The van der Waals surface area contributed by atoms with E-state index in [4.69, 9.17) is 10.5 Å². The monoisotopic (exact) mass is 208 g/mol. The first-order valence-corrected chi connectivity index (χ1v) is 5.19. The lowest BCUT2D eigenvalue weighted by atomic mass is 9.88. The van der Waals surface area contributed by atoms with Crippen LogP contribution in [0.2, 0.25) is 0 Å². The Hall–Kier alpha value is -1.13. The maximum Gasteiger partial charge on any atom is 0.123 e. The van der Waals surface area contributed by atoms with Crippen LogP contribution in [-0.2, 0) is 11.2 Å². The molecule has 1 aliphatic rings. The Morgan fingerprint density at radius 1 is 1.47 bits per heavy atom. The third-order valence-corrected chi connectivity index (χ3v) is 2.80. The van der Waals surface area contributed by atoms with Crippen LogP contribution in [0.5, 0.6) is 0 Å². The summed E-state index contributed by atoms with van der Waals surface area (Å²) in [6.45, 7) is 1.27. The first-order chi connectivity index (χ1) is 7.18. The number of ether oxygens (including phenoxy) is 1. The molecule has 0 bridgehead atoms. The molecule has 0 saturated carbocycles. The van der Waals surface area contributed by atoms with Crippen molar-refractivity contribution < 1.29 is 9.84 Å². The summed E-state index contributed by atoms with van der Waals surface area (Å²) >= 11 is 0. The molecule has 0 aromatic carbocycles. The zero-order valence-corrected chi connectivity index (χ0v) is 8.65. The van der Waals surface area contributed by atoms with Crippen LogP contribution in [0.3, 0.4) is 0 Å². The second-order valence-corrected chi connectivity index (χ2v) is 4.10. The molecule has 3 N–H and O–H groups in total. The second kappa shape index (κ2) is 4.16. The number of nitrogens with zero attached hydrogens (tertiary/aromatic N) is 1. The van der Waals surface area contributed by atoms with E-state index < -0.39 is 5.60 Å². The zero-order chi connectivity index (χ0) is 10.7. The third-order valence-electron chi connectivity index (χ3n) is 2.80. The summed E-state index contributed by atoms with van der Waals surface area (Å²) in [5.74, 6) is 0.503. The fourth-order valence-corrected chi connectivity index (χ4v) is 1.91. The van der Waals surface area contributed by atoms with Crippen molar-refractivity contribution in [3.63, 3.8) is 0 Å². The SMILES string of the molecule is Nc1cc(CC2(O)CCOCC2)ccn1. The van der Waals surface area contributed by atoms with Gasteiger partial charge in [-0.25, -0.2) is 4.98 Å². The maximum absolute atomic E-state index is 10.3. The number of nitrogens with two attached hydrogens (primary N) is 1. The van der Waals surface area contributed by atoms with Crippen molar-refractivity contribution in [1.82, 2.24) is 4.98 Å². The molecular formula is C11H16N2O2. The van der Waals surface area contributed by atoms with Crippen LogP contribution in [-0.4, -0.2) is 28.9 Å². The third kappa shape index (κ3) is 2.67. The van der Waals surface area contributed by atoms with Crippen LogP contribution in [0.4, 0.5) is 5.82 Å². The average Bonchev–Trinajstić information content (AvgIpc) is 2.18. The van der Waals surface area contributed by atoms with Gasteiger partial charge in [-0.05, 0) is 30.5 Å². The Balaban J connectivity index is 2.06. The van der Waals surface area contributed by atoms with Gasteiger partial charge >= 0.3 is 0 Å². The van der Waals surface area contributed by atoms with Crippen molar-refractivity contribution in [2.75, 3.05) is 18.9 Å². The number of hydrogen-bond acceptors (Lipinski definition) is 4. The van der Waals surface area contributed by atoms with Gasteiger partial charge in [-0.15, -0.1) is 0 Å². The lowest BCUT2D eigenvalue weighted by Gasteiger charge is -2.32. The second-order valence-electron chi connectivity index (χ2n) is 4.10. The Morgan fingerprint density at radius 3 is 2.87 bits per heavy atom. The number of anilines is 1. The van der Waals surface area contributed by atoms with E-state index in [2.05, 4.69) is 4.98 Å². The van der Waals surface area contributed by atoms with Crippen molar-refractivity contribution in [1.29, 1.82) is 0 Å². The summed E-state index contributed by atoms with van der Waals surface area (Å²) in [4.78, 5) is 3.93. The van der Waals surface area contributed by atoms with Gasteiger partial charge < -0.3 is 15.6 Å². The molecule has 1 saturated heterocycles. The van der Waals surface area contributed by atoms with Crippen molar-refractivity contribution in [3.8, 4) is 0 Å². The highest BCUT2D eigenvalue weighted by Gasteiger charge is 2.29. The van der Waals surface area contributed by atoms with Crippen LogP contribution < -0.4 is 5.73 Å². The predicted molar refractivity (Wildman–Crippen MR) is 57.4 cm³/mol. The van der Waals surface area contributed by atoms with Crippen molar-refractivity contribution >= 4 is 5.82 Å². The number of pyridine rings is 1. The summed E-state index contributed by atoms with van der Waals surface area (Å²) < 4.78 is 5.23. The Bertz CT molecular complexity index is 335. The molecule has 2 heterocycles. The molecule has 2 rings (SSSR count). The Labute approximate surface area is 89.1 Å². The summed E-state index contributed by atoms with van der Waals surface area (Å²) in [7, 11) is 0. The minimum atomic E-state index is -0.633. The minimum absolute atomic E-state index is 0.503. The van der Waals surface area contributed by atoms with E-state index in [9.17, 15) is 5.11 Å². The molecule has 0 unspecified atom stereocenters. The van der Waals surface area contributed by atoms with E-state index >= 15 is 0 Å². The molecule has 0 aliphatic carbocycles. The fraction of sp³-hybridized carbons (Fsp3) is 0.545. The van der Waals surface area contributed by atoms with Crippen molar-refractivity contribution in [3.05, 3.63) is 23.9 Å². The molecule has 0 spiro atoms. The number of hydrogen-bond donors (Lipinski definition) is 2. The first kappa shape index (κ1) is 10.4. The quantitative estimate of drug-likeness (QED) is 0.752. The normalized spacial score (nSPS) is 20.1. The standard InChI is InChI=1S/C11H16N2O2/c12-10-7-9(1-4-13-10)8-11(14)2-5-15-6-3-11/h1,4,7,14H,2-3,5-6,8H2,(H2,12,13). The van der Waals surface area contributed by atoms with E-state index in [1.807, 2.05) is 12.1 Å². The van der Waals surface area contributed by atoms with E-state index in [1.165, 1.54) is 0 Å². The van der Waals surface area contributed by atoms with Gasteiger partial charge in [0.2, 0.25) is 0 Å². The molecule has 4 heteroatoms. The first-order valence-electron chi connectivity index (χ1n) is 5.19. The number of rotatable bonds is 2. The fourth-order valence-electron chi connectivity index (χ4n) is 1.91. The maximum atomic E-state index is 10.3. The van der Waals surface area contributed by atoms with Gasteiger partial charge in [0.15, 0.2) is 0 Å². The number of nitrogen functional groups attached to an aromatic ring is 1. The van der Waals surface area contributed by atoms with Crippen LogP contribution in [0, 0.1) is 0 Å².